The molecule has 86 valence electrons. The molecule has 0 radical (unpaired) electrons. The molecule has 1 unspecified atom stereocenters. The largest absolute Gasteiger partial charge is 0.440 e. The van der Waals surface area contributed by atoms with Crippen LogP contribution in [0.25, 0.3) is 0 Å². The van der Waals surface area contributed by atoms with Gasteiger partial charge in [0.15, 0.2) is 0 Å². The molecular formula is C11H13BrN2O2. The first-order chi connectivity index (χ1) is 7.54. The Morgan fingerprint density at radius 1 is 1.62 bits per heavy atom. The van der Waals surface area contributed by atoms with E-state index in [0.717, 1.165) is 10.2 Å². The average Bonchev–Trinajstić information content (AvgIpc) is 2.55. The Balaban J connectivity index is 2.27. The maximum absolute atomic E-state index is 11.7. The van der Waals surface area contributed by atoms with Crippen molar-refractivity contribution in [3.05, 3.63) is 28.7 Å². The van der Waals surface area contributed by atoms with Gasteiger partial charge in [-0.25, -0.2) is 4.79 Å². The molecule has 16 heavy (non-hydrogen) atoms. The standard InChI is InChI=1S/C11H13BrN2O2/c1-11(6-13)7-14(10(15)16-11)9-4-2-3-8(12)5-9/h2-5H,6-7,13H2,1H3. The van der Waals surface area contributed by atoms with Crippen LogP contribution < -0.4 is 10.6 Å². The average molecular weight is 285 g/mol. The van der Waals surface area contributed by atoms with Gasteiger partial charge in [-0.15, -0.1) is 0 Å². The summed E-state index contributed by atoms with van der Waals surface area (Å²) in [6, 6.07) is 7.54. The molecule has 1 aliphatic rings. The minimum Gasteiger partial charge on any atom is -0.440 e. The van der Waals surface area contributed by atoms with E-state index in [9.17, 15) is 4.79 Å². The number of carbonyl (C=O) groups excluding carboxylic acids is 1. The highest BCUT2D eigenvalue weighted by Gasteiger charge is 2.41. The molecule has 0 bridgehead atoms. The number of nitrogens with zero attached hydrogens (tertiary/aromatic N) is 1. The second-order valence-electron chi connectivity index (χ2n) is 4.09. The topological polar surface area (TPSA) is 55.6 Å². The second-order valence-corrected chi connectivity index (χ2v) is 5.00. The third-order valence-electron chi connectivity index (χ3n) is 2.60. The summed E-state index contributed by atoms with van der Waals surface area (Å²) < 4.78 is 6.18. The Morgan fingerprint density at radius 3 is 2.94 bits per heavy atom. The van der Waals surface area contributed by atoms with Crippen molar-refractivity contribution < 1.29 is 9.53 Å². The Bertz CT molecular complexity index is 424. The summed E-state index contributed by atoms with van der Waals surface area (Å²) in [6.07, 6.45) is -0.342. The lowest BCUT2D eigenvalue weighted by Crippen LogP contribution is -2.38. The molecule has 4 nitrogen and oxygen atoms in total. The Hall–Kier alpha value is -1.07. The van der Waals surface area contributed by atoms with Crippen LogP contribution >= 0.6 is 15.9 Å². The van der Waals surface area contributed by atoms with Crippen molar-refractivity contribution in [3.8, 4) is 0 Å². The summed E-state index contributed by atoms with van der Waals surface area (Å²) in [5.74, 6) is 0. The van der Waals surface area contributed by atoms with Gasteiger partial charge in [-0.2, -0.15) is 0 Å². The number of nitrogens with two attached hydrogens (primary N) is 1. The summed E-state index contributed by atoms with van der Waals surface area (Å²) in [7, 11) is 0. The van der Waals surface area contributed by atoms with Crippen LogP contribution in [-0.4, -0.2) is 24.8 Å². The fourth-order valence-corrected chi connectivity index (χ4v) is 2.03. The highest BCUT2D eigenvalue weighted by atomic mass is 79.9. The van der Waals surface area contributed by atoms with Gasteiger partial charge < -0.3 is 10.5 Å². The van der Waals surface area contributed by atoms with Gasteiger partial charge in [0.25, 0.3) is 0 Å². The number of halogens is 1. The maximum Gasteiger partial charge on any atom is 0.415 e. The Morgan fingerprint density at radius 2 is 2.38 bits per heavy atom. The summed E-state index contributed by atoms with van der Waals surface area (Å²) in [6.45, 7) is 2.64. The maximum atomic E-state index is 11.7. The number of hydrogen-bond acceptors (Lipinski definition) is 3. The third kappa shape index (κ3) is 2.05. The van der Waals surface area contributed by atoms with Crippen molar-refractivity contribution in [3.63, 3.8) is 0 Å². The van der Waals surface area contributed by atoms with E-state index in [4.69, 9.17) is 10.5 Å². The molecule has 0 saturated carbocycles. The molecule has 1 atom stereocenters. The number of anilines is 1. The molecule has 1 aromatic rings. The Labute approximate surface area is 102 Å². The molecular weight excluding hydrogens is 272 g/mol. The third-order valence-corrected chi connectivity index (χ3v) is 3.09. The predicted octanol–water partition coefficient (Wildman–Crippen LogP) is 2.12. The van der Waals surface area contributed by atoms with Gasteiger partial charge in [0.1, 0.15) is 5.60 Å². The van der Waals surface area contributed by atoms with Gasteiger partial charge in [0.2, 0.25) is 0 Å². The molecule has 1 saturated heterocycles. The van der Waals surface area contributed by atoms with Crippen LogP contribution in [-0.2, 0) is 4.74 Å². The van der Waals surface area contributed by atoms with Crippen LogP contribution in [0.2, 0.25) is 0 Å². The normalized spacial score (nSPS) is 24.7. The molecule has 2 N–H and O–H groups in total. The predicted molar refractivity (Wildman–Crippen MR) is 65.4 cm³/mol. The zero-order valence-corrected chi connectivity index (χ0v) is 10.5. The molecule has 1 heterocycles. The lowest BCUT2D eigenvalue weighted by atomic mass is 10.1. The SMILES string of the molecule is CC1(CN)CN(c2cccc(Br)c2)C(=O)O1. The highest BCUT2D eigenvalue weighted by Crippen LogP contribution is 2.28. The van der Waals surface area contributed by atoms with Crippen molar-refractivity contribution in [1.82, 2.24) is 0 Å². The number of ether oxygens (including phenoxy) is 1. The molecule has 0 aromatic heterocycles. The van der Waals surface area contributed by atoms with Gasteiger partial charge >= 0.3 is 6.09 Å². The van der Waals surface area contributed by atoms with E-state index in [2.05, 4.69) is 15.9 Å². The van der Waals surface area contributed by atoms with Gasteiger partial charge in [-0.3, -0.25) is 4.90 Å². The molecule has 2 rings (SSSR count). The fourth-order valence-electron chi connectivity index (χ4n) is 1.64. The number of cyclic esters (lactones) is 1. The van der Waals surface area contributed by atoms with Crippen LogP contribution in [0.3, 0.4) is 0 Å². The van der Waals surface area contributed by atoms with E-state index in [-0.39, 0.29) is 6.09 Å². The molecule has 1 amide bonds. The zero-order chi connectivity index (χ0) is 11.8. The van der Waals surface area contributed by atoms with E-state index in [1.807, 2.05) is 31.2 Å². The smallest absolute Gasteiger partial charge is 0.415 e. The molecule has 1 aliphatic heterocycles. The fraction of sp³-hybridized carbons (Fsp3) is 0.364. The van der Waals surface area contributed by atoms with Crippen molar-refractivity contribution in [1.29, 1.82) is 0 Å². The van der Waals surface area contributed by atoms with E-state index < -0.39 is 5.60 Å². The summed E-state index contributed by atoms with van der Waals surface area (Å²) in [4.78, 5) is 13.3. The summed E-state index contributed by atoms with van der Waals surface area (Å²) in [5.41, 5.74) is 5.82. The minimum atomic E-state index is -0.584. The van der Waals surface area contributed by atoms with Crippen LogP contribution in [0, 0.1) is 0 Å². The van der Waals surface area contributed by atoms with Crippen LogP contribution in [0.1, 0.15) is 6.92 Å². The van der Waals surface area contributed by atoms with Gasteiger partial charge in [0.05, 0.1) is 6.54 Å². The van der Waals surface area contributed by atoms with Gasteiger partial charge in [0, 0.05) is 16.7 Å². The van der Waals surface area contributed by atoms with E-state index >= 15 is 0 Å². The Kier molecular flexibility index (Phi) is 2.90. The first-order valence-electron chi connectivity index (χ1n) is 5.00. The molecule has 0 spiro atoms. The van der Waals surface area contributed by atoms with Crippen LogP contribution in [0.5, 0.6) is 0 Å². The zero-order valence-electron chi connectivity index (χ0n) is 8.94. The summed E-state index contributed by atoms with van der Waals surface area (Å²) >= 11 is 3.37. The first kappa shape index (κ1) is 11.4. The number of hydrogen-bond donors (Lipinski definition) is 1. The van der Waals surface area contributed by atoms with Crippen molar-refractivity contribution in [2.45, 2.75) is 12.5 Å². The number of benzene rings is 1. The molecule has 1 aromatic carbocycles. The van der Waals surface area contributed by atoms with Crippen LogP contribution in [0.4, 0.5) is 10.5 Å². The lowest BCUT2D eigenvalue weighted by molar-refractivity contribution is 0.0789. The van der Waals surface area contributed by atoms with E-state index in [0.29, 0.717) is 13.1 Å². The molecule has 0 aliphatic carbocycles. The van der Waals surface area contributed by atoms with Gasteiger partial charge in [-0.1, -0.05) is 22.0 Å². The number of rotatable bonds is 2. The lowest BCUT2D eigenvalue weighted by Gasteiger charge is -2.19. The highest BCUT2D eigenvalue weighted by molar-refractivity contribution is 9.10. The van der Waals surface area contributed by atoms with E-state index in [1.165, 1.54) is 0 Å². The first-order valence-corrected chi connectivity index (χ1v) is 5.79. The van der Waals surface area contributed by atoms with Crippen molar-refractivity contribution >= 4 is 27.7 Å². The summed E-state index contributed by atoms with van der Waals surface area (Å²) in [5, 5.41) is 0. The number of carbonyl (C=O) groups is 1. The molecule has 1 fully saturated rings. The van der Waals surface area contributed by atoms with Crippen LogP contribution in [0.15, 0.2) is 28.7 Å². The van der Waals surface area contributed by atoms with Gasteiger partial charge in [-0.05, 0) is 25.1 Å². The second kappa shape index (κ2) is 4.07. The number of amides is 1. The van der Waals surface area contributed by atoms with E-state index in [1.54, 1.807) is 4.90 Å². The minimum absolute atomic E-state index is 0.323. The monoisotopic (exact) mass is 284 g/mol. The van der Waals surface area contributed by atoms with Crippen molar-refractivity contribution in [2.75, 3.05) is 18.0 Å². The quantitative estimate of drug-likeness (QED) is 0.905. The van der Waals surface area contributed by atoms with Crippen molar-refractivity contribution in [2.24, 2.45) is 5.73 Å². The molecule has 5 heteroatoms.